The van der Waals surface area contributed by atoms with Crippen LogP contribution >= 0.6 is 11.8 Å². The van der Waals surface area contributed by atoms with E-state index in [1.54, 1.807) is 28.9 Å². The van der Waals surface area contributed by atoms with Crippen molar-refractivity contribution >= 4 is 40.5 Å². The topological polar surface area (TPSA) is 112 Å². The second-order valence-corrected chi connectivity index (χ2v) is 7.06. The molecule has 0 atom stereocenters. The van der Waals surface area contributed by atoms with E-state index in [0.29, 0.717) is 27.4 Å². The third-order valence-corrected chi connectivity index (χ3v) is 5.11. The number of hydrogen-bond donors (Lipinski definition) is 1. The third kappa shape index (κ3) is 4.13. The molecule has 0 radical (unpaired) electrons. The number of ether oxygens (including phenoxy) is 1. The molecule has 2 aromatic carbocycles. The molecule has 0 fully saturated rings. The summed E-state index contributed by atoms with van der Waals surface area (Å²) in [5.41, 5.74) is 2.92. The van der Waals surface area contributed by atoms with Crippen molar-refractivity contribution < 1.29 is 14.3 Å². The molecule has 0 spiro atoms. The highest BCUT2D eigenvalue weighted by Gasteiger charge is 2.15. The molecule has 1 amide bonds. The number of amides is 1. The SMILES string of the molecule is COC(=O)c1ccc(NC(=O)CSc2ncnc3c2nnn3-c2ccccc2)cc1. The number of aromatic nitrogens is 5. The van der Waals surface area contributed by atoms with Crippen LogP contribution in [0.1, 0.15) is 10.4 Å². The Balaban J connectivity index is 1.44. The normalized spacial score (nSPS) is 10.7. The van der Waals surface area contributed by atoms with Gasteiger partial charge < -0.3 is 10.1 Å². The van der Waals surface area contributed by atoms with E-state index in [1.807, 2.05) is 30.3 Å². The lowest BCUT2D eigenvalue weighted by Gasteiger charge is -2.06. The van der Waals surface area contributed by atoms with Crippen LogP contribution in [0.15, 0.2) is 66.0 Å². The van der Waals surface area contributed by atoms with Gasteiger partial charge in [0.15, 0.2) is 11.2 Å². The zero-order valence-electron chi connectivity index (χ0n) is 15.8. The average Bonchev–Trinajstić information content (AvgIpc) is 3.23. The van der Waals surface area contributed by atoms with Gasteiger partial charge in [-0.15, -0.1) is 5.10 Å². The molecular formula is C20H16N6O3S. The third-order valence-electron chi connectivity index (χ3n) is 4.13. The number of nitrogens with one attached hydrogen (secondary N) is 1. The number of carbonyl (C=O) groups excluding carboxylic acids is 2. The molecule has 0 aliphatic heterocycles. The first-order chi connectivity index (χ1) is 14.7. The van der Waals surface area contributed by atoms with Crippen LogP contribution in [0.2, 0.25) is 0 Å². The minimum absolute atomic E-state index is 0.128. The fourth-order valence-electron chi connectivity index (χ4n) is 2.72. The maximum absolute atomic E-state index is 12.3. The Morgan fingerprint density at radius 2 is 1.83 bits per heavy atom. The van der Waals surface area contributed by atoms with E-state index in [2.05, 4.69) is 30.3 Å². The number of para-hydroxylation sites is 1. The van der Waals surface area contributed by atoms with Crippen molar-refractivity contribution in [3.8, 4) is 5.69 Å². The van der Waals surface area contributed by atoms with Crippen LogP contribution in [0.25, 0.3) is 16.9 Å². The molecule has 4 aromatic rings. The van der Waals surface area contributed by atoms with Gasteiger partial charge in [0, 0.05) is 5.69 Å². The van der Waals surface area contributed by atoms with Gasteiger partial charge in [-0.3, -0.25) is 4.79 Å². The number of anilines is 1. The van der Waals surface area contributed by atoms with Crippen molar-refractivity contribution in [3.05, 3.63) is 66.5 Å². The molecule has 30 heavy (non-hydrogen) atoms. The van der Waals surface area contributed by atoms with E-state index in [-0.39, 0.29) is 11.7 Å². The minimum Gasteiger partial charge on any atom is -0.465 e. The van der Waals surface area contributed by atoms with Crippen molar-refractivity contribution in [1.82, 2.24) is 25.0 Å². The van der Waals surface area contributed by atoms with Gasteiger partial charge in [-0.05, 0) is 36.4 Å². The molecule has 0 saturated carbocycles. The average molecular weight is 420 g/mol. The largest absolute Gasteiger partial charge is 0.465 e. The molecule has 9 nitrogen and oxygen atoms in total. The highest BCUT2D eigenvalue weighted by atomic mass is 32.2. The predicted molar refractivity (Wildman–Crippen MR) is 112 cm³/mol. The van der Waals surface area contributed by atoms with Gasteiger partial charge >= 0.3 is 5.97 Å². The Bertz CT molecular complexity index is 1190. The Labute approximate surface area is 175 Å². The smallest absolute Gasteiger partial charge is 0.337 e. The number of methoxy groups -OCH3 is 1. The summed E-state index contributed by atoms with van der Waals surface area (Å²) in [5, 5.41) is 11.7. The summed E-state index contributed by atoms with van der Waals surface area (Å²) in [5.74, 6) is -0.518. The van der Waals surface area contributed by atoms with Crippen molar-refractivity contribution in [2.75, 3.05) is 18.2 Å². The van der Waals surface area contributed by atoms with Gasteiger partial charge in [-0.1, -0.05) is 35.2 Å². The number of esters is 1. The van der Waals surface area contributed by atoms with Gasteiger partial charge in [0.1, 0.15) is 11.4 Å². The van der Waals surface area contributed by atoms with E-state index in [4.69, 9.17) is 0 Å². The number of hydrogen-bond acceptors (Lipinski definition) is 8. The lowest BCUT2D eigenvalue weighted by molar-refractivity contribution is -0.113. The molecule has 1 N–H and O–H groups in total. The predicted octanol–water partition coefficient (Wildman–Crippen LogP) is 2.73. The fourth-order valence-corrected chi connectivity index (χ4v) is 3.45. The lowest BCUT2D eigenvalue weighted by atomic mass is 10.2. The van der Waals surface area contributed by atoms with Gasteiger partial charge in [-0.2, -0.15) is 4.68 Å². The van der Waals surface area contributed by atoms with Crippen molar-refractivity contribution in [2.24, 2.45) is 0 Å². The van der Waals surface area contributed by atoms with Crippen LogP contribution in [0.5, 0.6) is 0 Å². The van der Waals surface area contributed by atoms with Gasteiger partial charge in [0.05, 0.1) is 24.1 Å². The highest BCUT2D eigenvalue weighted by Crippen LogP contribution is 2.24. The number of carbonyl (C=O) groups is 2. The molecule has 0 bridgehead atoms. The zero-order valence-corrected chi connectivity index (χ0v) is 16.7. The highest BCUT2D eigenvalue weighted by molar-refractivity contribution is 8.00. The Hall–Kier alpha value is -3.79. The summed E-state index contributed by atoms with van der Waals surface area (Å²) in [4.78, 5) is 32.3. The van der Waals surface area contributed by atoms with Crippen LogP contribution < -0.4 is 5.32 Å². The standard InChI is InChI=1S/C20H16N6O3S/c1-29-20(28)13-7-9-14(10-8-13)23-16(27)11-30-19-17-18(21-12-22-19)26(25-24-17)15-5-3-2-4-6-15/h2-10,12H,11H2,1H3,(H,23,27). The summed E-state index contributed by atoms with van der Waals surface area (Å²) in [6.45, 7) is 0. The molecular weight excluding hydrogens is 404 g/mol. The van der Waals surface area contributed by atoms with E-state index in [1.165, 1.54) is 25.2 Å². The zero-order chi connectivity index (χ0) is 20.9. The van der Waals surface area contributed by atoms with Crippen LogP contribution in [0, 0.1) is 0 Å². The van der Waals surface area contributed by atoms with Crippen molar-refractivity contribution in [2.45, 2.75) is 5.03 Å². The van der Waals surface area contributed by atoms with E-state index in [0.717, 1.165) is 5.69 Å². The van der Waals surface area contributed by atoms with Crippen molar-refractivity contribution in [1.29, 1.82) is 0 Å². The first-order valence-electron chi connectivity index (χ1n) is 8.88. The van der Waals surface area contributed by atoms with E-state index < -0.39 is 5.97 Å². The summed E-state index contributed by atoms with van der Waals surface area (Å²) >= 11 is 1.24. The van der Waals surface area contributed by atoms with Crippen LogP contribution in [0.4, 0.5) is 5.69 Å². The van der Waals surface area contributed by atoms with Crippen LogP contribution in [0.3, 0.4) is 0 Å². The van der Waals surface area contributed by atoms with Crippen LogP contribution in [-0.2, 0) is 9.53 Å². The number of nitrogens with zero attached hydrogens (tertiary/aromatic N) is 5. The van der Waals surface area contributed by atoms with E-state index in [9.17, 15) is 9.59 Å². The maximum atomic E-state index is 12.3. The second kappa shape index (κ2) is 8.70. The van der Waals surface area contributed by atoms with Gasteiger partial charge in [0.2, 0.25) is 5.91 Å². The van der Waals surface area contributed by atoms with Gasteiger partial charge in [0.25, 0.3) is 0 Å². The Morgan fingerprint density at radius 1 is 1.07 bits per heavy atom. The Kier molecular flexibility index (Phi) is 5.66. The summed E-state index contributed by atoms with van der Waals surface area (Å²) in [6, 6.07) is 16.0. The second-order valence-electron chi connectivity index (χ2n) is 6.09. The van der Waals surface area contributed by atoms with Gasteiger partial charge in [-0.25, -0.2) is 14.8 Å². The lowest BCUT2D eigenvalue weighted by Crippen LogP contribution is -2.14. The molecule has 2 heterocycles. The number of fused-ring (bicyclic) bond motifs is 1. The summed E-state index contributed by atoms with van der Waals surface area (Å²) in [7, 11) is 1.32. The van der Waals surface area contributed by atoms with Crippen LogP contribution in [-0.4, -0.2) is 49.7 Å². The molecule has 0 saturated heterocycles. The molecule has 0 aliphatic carbocycles. The molecule has 4 rings (SSSR count). The monoisotopic (exact) mass is 420 g/mol. The summed E-state index contributed by atoms with van der Waals surface area (Å²) < 4.78 is 6.28. The Morgan fingerprint density at radius 3 is 2.57 bits per heavy atom. The summed E-state index contributed by atoms with van der Waals surface area (Å²) in [6.07, 6.45) is 1.43. The number of benzene rings is 2. The molecule has 10 heteroatoms. The molecule has 2 aromatic heterocycles. The maximum Gasteiger partial charge on any atom is 0.337 e. The number of thioether (sulfide) groups is 1. The first-order valence-corrected chi connectivity index (χ1v) is 9.87. The van der Waals surface area contributed by atoms with E-state index >= 15 is 0 Å². The minimum atomic E-state index is -0.431. The fraction of sp³-hybridized carbons (Fsp3) is 0.100. The first kappa shape index (κ1) is 19.5. The molecule has 0 unspecified atom stereocenters. The molecule has 0 aliphatic rings. The quantitative estimate of drug-likeness (QED) is 0.288. The van der Waals surface area contributed by atoms with Crippen molar-refractivity contribution in [3.63, 3.8) is 0 Å². The number of rotatable bonds is 6. The molecule has 150 valence electrons.